The highest BCUT2D eigenvalue weighted by Gasteiger charge is 2.27. The van der Waals surface area contributed by atoms with E-state index >= 15 is 0 Å². The fourth-order valence-electron chi connectivity index (χ4n) is 3.89. The van der Waals surface area contributed by atoms with Crippen molar-refractivity contribution in [3.05, 3.63) is 75.8 Å². The number of ether oxygens (including phenoxy) is 1. The van der Waals surface area contributed by atoms with Crippen LogP contribution in [0.25, 0.3) is 0 Å². The maximum absolute atomic E-state index is 14.6. The van der Waals surface area contributed by atoms with Crippen LogP contribution in [0.1, 0.15) is 33.2 Å². The van der Waals surface area contributed by atoms with Crippen LogP contribution in [0.4, 0.5) is 10.2 Å². The van der Waals surface area contributed by atoms with E-state index < -0.39 is 0 Å². The third kappa shape index (κ3) is 4.61. The number of amides is 1. The van der Waals surface area contributed by atoms with Crippen molar-refractivity contribution in [3.8, 4) is 0 Å². The van der Waals surface area contributed by atoms with Gasteiger partial charge in [0, 0.05) is 55.9 Å². The van der Waals surface area contributed by atoms with Crippen LogP contribution < -0.4 is 4.90 Å². The van der Waals surface area contributed by atoms with Gasteiger partial charge in [0.25, 0.3) is 5.91 Å². The number of aromatic nitrogens is 2. The zero-order chi connectivity index (χ0) is 22.7. The molecular weight excluding hydrogens is 435 g/mol. The predicted octanol–water partition coefficient (Wildman–Crippen LogP) is 3.87. The predicted molar refractivity (Wildman–Crippen MR) is 119 cm³/mol. The normalized spacial score (nSPS) is 14.1. The Bertz CT molecular complexity index is 1080. The minimum atomic E-state index is -0.374. The maximum atomic E-state index is 14.6. The number of benzene rings is 1. The molecule has 1 aliphatic heterocycles. The molecule has 0 N–H and O–H groups in total. The van der Waals surface area contributed by atoms with E-state index in [0.717, 1.165) is 5.56 Å². The molecule has 168 valence electrons. The van der Waals surface area contributed by atoms with E-state index in [9.17, 15) is 9.18 Å². The number of methoxy groups -OCH3 is 1. The molecular formula is C23H24ClFN4O3. The fourth-order valence-corrected chi connectivity index (χ4v) is 4.12. The lowest BCUT2D eigenvalue weighted by molar-refractivity contribution is 0.0714. The van der Waals surface area contributed by atoms with Crippen LogP contribution in [0.2, 0.25) is 5.02 Å². The van der Waals surface area contributed by atoms with E-state index in [2.05, 4.69) is 14.9 Å². The average molecular weight is 459 g/mol. The Balaban J connectivity index is 1.63. The van der Waals surface area contributed by atoms with Gasteiger partial charge in [0.15, 0.2) is 5.76 Å². The second-order valence-electron chi connectivity index (χ2n) is 7.59. The Labute approximate surface area is 190 Å². The molecule has 3 heterocycles. The first kappa shape index (κ1) is 22.2. The highest BCUT2D eigenvalue weighted by molar-refractivity contribution is 6.31. The summed E-state index contributed by atoms with van der Waals surface area (Å²) in [6.07, 6.45) is 1.73. The number of hydrogen-bond donors (Lipinski definition) is 0. The molecule has 1 aliphatic rings. The molecule has 3 aromatic rings. The molecule has 9 heteroatoms. The van der Waals surface area contributed by atoms with E-state index in [1.54, 1.807) is 36.3 Å². The molecule has 0 spiro atoms. The van der Waals surface area contributed by atoms with E-state index in [0.29, 0.717) is 59.9 Å². The van der Waals surface area contributed by atoms with Crippen molar-refractivity contribution in [3.63, 3.8) is 0 Å². The zero-order valence-corrected chi connectivity index (χ0v) is 18.7. The molecule has 7 nitrogen and oxygen atoms in total. The maximum Gasteiger partial charge on any atom is 0.289 e. The SMILES string of the molecule is COCc1nc(C)nc(N2CCN(C(=O)c3ccco3)CC2)c1Cc1c(F)cccc1Cl. The summed E-state index contributed by atoms with van der Waals surface area (Å²) in [5.41, 5.74) is 1.87. The molecule has 0 aliphatic carbocycles. The van der Waals surface area contributed by atoms with Gasteiger partial charge < -0.3 is 19.0 Å². The fraction of sp³-hybridized carbons (Fsp3) is 0.348. The van der Waals surface area contributed by atoms with Crippen LogP contribution in [-0.4, -0.2) is 54.1 Å². The number of furan rings is 1. The van der Waals surface area contributed by atoms with Crippen LogP contribution in [-0.2, 0) is 17.8 Å². The van der Waals surface area contributed by atoms with Crippen LogP contribution in [0.15, 0.2) is 41.0 Å². The molecule has 4 rings (SSSR count). The Kier molecular flexibility index (Phi) is 6.72. The first-order valence-electron chi connectivity index (χ1n) is 10.3. The van der Waals surface area contributed by atoms with E-state index in [4.69, 9.17) is 20.8 Å². The second kappa shape index (κ2) is 9.67. The molecule has 32 heavy (non-hydrogen) atoms. The van der Waals surface area contributed by atoms with Gasteiger partial charge in [-0.2, -0.15) is 0 Å². The van der Waals surface area contributed by atoms with Gasteiger partial charge >= 0.3 is 0 Å². The zero-order valence-electron chi connectivity index (χ0n) is 18.0. The van der Waals surface area contributed by atoms with Crippen molar-refractivity contribution in [2.24, 2.45) is 0 Å². The third-order valence-corrected chi connectivity index (χ3v) is 5.83. The Hall–Kier alpha value is -2.97. The summed E-state index contributed by atoms with van der Waals surface area (Å²) < 4.78 is 25.2. The van der Waals surface area contributed by atoms with E-state index in [1.807, 2.05) is 6.92 Å². The first-order valence-corrected chi connectivity index (χ1v) is 10.7. The minimum Gasteiger partial charge on any atom is -0.459 e. The number of nitrogens with zero attached hydrogens (tertiary/aromatic N) is 4. The topological polar surface area (TPSA) is 71.7 Å². The lowest BCUT2D eigenvalue weighted by Gasteiger charge is -2.36. The second-order valence-corrected chi connectivity index (χ2v) is 7.99. The molecule has 1 saturated heterocycles. The van der Waals surface area contributed by atoms with Crippen molar-refractivity contribution >= 4 is 23.3 Å². The average Bonchev–Trinajstić information content (AvgIpc) is 3.32. The van der Waals surface area contributed by atoms with E-state index in [1.165, 1.54) is 12.3 Å². The van der Waals surface area contributed by atoms with Gasteiger partial charge in [0.1, 0.15) is 17.5 Å². The van der Waals surface area contributed by atoms with Gasteiger partial charge in [0.2, 0.25) is 0 Å². The Morgan fingerprint density at radius 1 is 1.16 bits per heavy atom. The van der Waals surface area contributed by atoms with Crippen molar-refractivity contribution in [1.29, 1.82) is 0 Å². The smallest absolute Gasteiger partial charge is 0.289 e. The quantitative estimate of drug-likeness (QED) is 0.558. The summed E-state index contributed by atoms with van der Waals surface area (Å²) in [6.45, 7) is 4.28. The Morgan fingerprint density at radius 2 is 1.94 bits per heavy atom. The van der Waals surface area contributed by atoms with Crippen LogP contribution in [0.3, 0.4) is 0 Å². The van der Waals surface area contributed by atoms with E-state index in [-0.39, 0.29) is 24.8 Å². The van der Waals surface area contributed by atoms with Crippen LogP contribution in [0.5, 0.6) is 0 Å². The highest BCUT2D eigenvalue weighted by Crippen LogP contribution is 2.30. The molecule has 0 saturated carbocycles. The molecule has 1 amide bonds. The molecule has 0 radical (unpaired) electrons. The van der Waals surface area contributed by atoms with Gasteiger partial charge in [0.05, 0.1) is 18.6 Å². The number of carbonyl (C=O) groups is 1. The number of hydrogen-bond acceptors (Lipinski definition) is 6. The van der Waals surface area contributed by atoms with Gasteiger partial charge in [-0.1, -0.05) is 17.7 Å². The number of aryl methyl sites for hydroxylation is 1. The summed E-state index contributed by atoms with van der Waals surface area (Å²) >= 11 is 6.30. The van der Waals surface area contributed by atoms with Crippen LogP contribution >= 0.6 is 11.6 Å². The molecule has 2 aromatic heterocycles. The van der Waals surface area contributed by atoms with Crippen molar-refractivity contribution in [2.45, 2.75) is 20.0 Å². The molecule has 0 bridgehead atoms. The molecule has 0 unspecified atom stereocenters. The van der Waals surface area contributed by atoms with Gasteiger partial charge in [-0.05, 0) is 31.2 Å². The van der Waals surface area contributed by atoms with Gasteiger partial charge in [-0.25, -0.2) is 14.4 Å². The number of piperazine rings is 1. The standard InChI is InChI=1S/C23H24ClFN4O3/c1-15-26-20(14-31-2)17(13-16-18(24)5-3-6-19(16)25)22(27-15)28-8-10-29(11-9-28)23(30)21-7-4-12-32-21/h3-7,12H,8-11,13-14H2,1-2H3. The first-order chi connectivity index (χ1) is 15.5. The third-order valence-electron chi connectivity index (χ3n) is 5.48. The van der Waals surface area contributed by atoms with Gasteiger partial charge in [-0.3, -0.25) is 4.79 Å². The largest absolute Gasteiger partial charge is 0.459 e. The molecule has 1 fully saturated rings. The molecule has 1 aromatic carbocycles. The lowest BCUT2D eigenvalue weighted by atomic mass is 10.0. The summed E-state index contributed by atoms with van der Waals surface area (Å²) in [4.78, 5) is 25.7. The summed E-state index contributed by atoms with van der Waals surface area (Å²) in [6, 6.07) is 8.01. The monoisotopic (exact) mass is 458 g/mol. The Morgan fingerprint density at radius 3 is 2.59 bits per heavy atom. The number of halogens is 2. The summed E-state index contributed by atoms with van der Waals surface area (Å²) in [5.74, 6) is 1.14. The van der Waals surface area contributed by atoms with Crippen LogP contribution in [0, 0.1) is 12.7 Å². The van der Waals surface area contributed by atoms with Crippen molar-refractivity contribution in [1.82, 2.24) is 14.9 Å². The number of anilines is 1. The lowest BCUT2D eigenvalue weighted by Crippen LogP contribution is -2.49. The summed E-state index contributed by atoms with van der Waals surface area (Å²) in [7, 11) is 1.59. The molecule has 0 atom stereocenters. The number of rotatable bonds is 6. The minimum absolute atomic E-state index is 0.132. The highest BCUT2D eigenvalue weighted by atomic mass is 35.5. The number of carbonyl (C=O) groups excluding carboxylic acids is 1. The summed E-state index contributed by atoms with van der Waals surface area (Å²) in [5, 5.41) is 0.355. The van der Waals surface area contributed by atoms with Crippen molar-refractivity contribution < 1.29 is 18.3 Å². The van der Waals surface area contributed by atoms with Gasteiger partial charge in [-0.15, -0.1) is 0 Å². The van der Waals surface area contributed by atoms with Crippen molar-refractivity contribution in [2.75, 3.05) is 38.2 Å².